The van der Waals surface area contributed by atoms with E-state index in [0.29, 0.717) is 12.8 Å². The molecule has 1 saturated heterocycles. The molecule has 5 rings (SSSR count). The molecule has 5 heteroatoms. The van der Waals surface area contributed by atoms with Crippen LogP contribution in [0.5, 0.6) is 11.5 Å². The monoisotopic (exact) mass is 359 g/mol. The van der Waals surface area contributed by atoms with Crippen molar-refractivity contribution in [3.8, 4) is 11.5 Å². The van der Waals surface area contributed by atoms with Crippen molar-refractivity contribution in [3.05, 3.63) is 77.7 Å². The average Bonchev–Trinajstić information content (AvgIpc) is 3.38. The van der Waals surface area contributed by atoms with Crippen LogP contribution in [0.15, 0.2) is 60.8 Å². The van der Waals surface area contributed by atoms with E-state index in [4.69, 9.17) is 14.5 Å². The zero-order chi connectivity index (χ0) is 18.1. The lowest BCUT2D eigenvalue weighted by atomic mass is 10.0. The predicted octanol–water partition coefficient (Wildman–Crippen LogP) is 4.14. The summed E-state index contributed by atoms with van der Waals surface area (Å²) in [4.78, 5) is 11.7. The lowest BCUT2D eigenvalue weighted by molar-refractivity contribution is 0.174. The minimum atomic E-state index is 0.305. The number of fused-ring (bicyclic) bond motifs is 1. The van der Waals surface area contributed by atoms with E-state index in [0.717, 1.165) is 48.9 Å². The molecule has 2 aromatic carbocycles. The first-order valence-electron chi connectivity index (χ1n) is 9.39. The molecule has 3 aromatic rings. The number of rotatable bonds is 4. The number of aromatic nitrogens is 2. The van der Waals surface area contributed by atoms with Crippen LogP contribution in [0.1, 0.15) is 35.8 Å². The zero-order valence-electron chi connectivity index (χ0n) is 15.0. The van der Waals surface area contributed by atoms with Crippen LogP contribution in [-0.2, 0) is 6.42 Å². The standard InChI is InChI=1S/C22H21N3O2/c1-2-5-16(6-3-1)13-21-23-11-10-22(24-21)25-12-4-7-18(25)17-8-9-19-20(14-17)27-15-26-19/h1-3,5-6,8-11,14,18H,4,7,12-13,15H2. The van der Waals surface area contributed by atoms with Crippen molar-refractivity contribution in [2.45, 2.75) is 25.3 Å². The van der Waals surface area contributed by atoms with Crippen molar-refractivity contribution in [2.24, 2.45) is 0 Å². The third-order valence-electron chi connectivity index (χ3n) is 5.22. The normalized spacial score (nSPS) is 18.1. The van der Waals surface area contributed by atoms with Crippen LogP contribution >= 0.6 is 0 Å². The first kappa shape index (κ1) is 16.1. The predicted molar refractivity (Wildman–Crippen MR) is 103 cm³/mol. The molecule has 2 aliphatic heterocycles. The minimum Gasteiger partial charge on any atom is -0.454 e. The second-order valence-electron chi connectivity index (χ2n) is 6.96. The summed E-state index contributed by atoms with van der Waals surface area (Å²) in [5.41, 5.74) is 2.48. The van der Waals surface area contributed by atoms with Crippen LogP contribution in [0.4, 0.5) is 5.82 Å². The summed E-state index contributed by atoms with van der Waals surface area (Å²) in [6, 6.07) is 18.9. The number of benzene rings is 2. The van der Waals surface area contributed by atoms with E-state index in [1.807, 2.05) is 24.4 Å². The van der Waals surface area contributed by atoms with Gasteiger partial charge in [-0.15, -0.1) is 0 Å². The summed E-state index contributed by atoms with van der Waals surface area (Å²) in [5, 5.41) is 0. The first-order valence-corrected chi connectivity index (χ1v) is 9.39. The molecule has 1 atom stereocenters. The Kier molecular flexibility index (Phi) is 4.13. The molecule has 5 nitrogen and oxygen atoms in total. The number of anilines is 1. The SMILES string of the molecule is c1ccc(Cc2nccc(N3CCCC3c3ccc4c(c3)OCO4)n2)cc1. The van der Waals surface area contributed by atoms with Gasteiger partial charge in [-0.1, -0.05) is 36.4 Å². The number of hydrogen-bond donors (Lipinski definition) is 0. The summed E-state index contributed by atoms with van der Waals surface area (Å²) < 4.78 is 11.0. The van der Waals surface area contributed by atoms with Gasteiger partial charge in [-0.3, -0.25) is 0 Å². The Labute approximate surface area is 158 Å². The van der Waals surface area contributed by atoms with Crippen LogP contribution in [-0.4, -0.2) is 23.3 Å². The lowest BCUT2D eigenvalue weighted by Gasteiger charge is -2.26. The molecule has 1 unspecified atom stereocenters. The molecule has 2 aliphatic rings. The largest absolute Gasteiger partial charge is 0.454 e. The van der Waals surface area contributed by atoms with E-state index in [2.05, 4.69) is 46.3 Å². The van der Waals surface area contributed by atoms with Crippen molar-refractivity contribution in [1.29, 1.82) is 0 Å². The van der Waals surface area contributed by atoms with E-state index in [-0.39, 0.29) is 0 Å². The van der Waals surface area contributed by atoms with E-state index < -0.39 is 0 Å². The second-order valence-corrected chi connectivity index (χ2v) is 6.96. The quantitative estimate of drug-likeness (QED) is 0.701. The van der Waals surface area contributed by atoms with Crippen molar-refractivity contribution < 1.29 is 9.47 Å². The summed E-state index contributed by atoms with van der Waals surface area (Å²) in [5.74, 6) is 3.52. The fraction of sp³-hybridized carbons (Fsp3) is 0.273. The molecule has 136 valence electrons. The summed E-state index contributed by atoms with van der Waals surface area (Å²) in [6.07, 6.45) is 4.88. The molecular weight excluding hydrogens is 338 g/mol. The Hall–Kier alpha value is -3.08. The third kappa shape index (κ3) is 3.21. The summed E-state index contributed by atoms with van der Waals surface area (Å²) in [6.45, 7) is 1.31. The van der Waals surface area contributed by atoms with Crippen molar-refractivity contribution in [3.63, 3.8) is 0 Å². The highest BCUT2D eigenvalue weighted by atomic mass is 16.7. The lowest BCUT2D eigenvalue weighted by Crippen LogP contribution is -2.24. The Morgan fingerprint density at radius 3 is 2.81 bits per heavy atom. The van der Waals surface area contributed by atoms with Gasteiger partial charge in [-0.25, -0.2) is 9.97 Å². The van der Waals surface area contributed by atoms with Gasteiger partial charge < -0.3 is 14.4 Å². The van der Waals surface area contributed by atoms with Gasteiger partial charge >= 0.3 is 0 Å². The Balaban J connectivity index is 1.41. The molecule has 0 radical (unpaired) electrons. The smallest absolute Gasteiger partial charge is 0.231 e. The van der Waals surface area contributed by atoms with Crippen LogP contribution < -0.4 is 14.4 Å². The summed E-state index contributed by atoms with van der Waals surface area (Å²) >= 11 is 0. The van der Waals surface area contributed by atoms with E-state index in [1.165, 1.54) is 11.1 Å². The van der Waals surface area contributed by atoms with Crippen molar-refractivity contribution in [2.75, 3.05) is 18.2 Å². The van der Waals surface area contributed by atoms with Crippen LogP contribution in [0.25, 0.3) is 0 Å². The number of ether oxygens (including phenoxy) is 2. The Morgan fingerprint density at radius 2 is 1.89 bits per heavy atom. The molecule has 0 bridgehead atoms. The molecule has 0 saturated carbocycles. The Bertz CT molecular complexity index is 945. The second kappa shape index (κ2) is 6.91. The van der Waals surface area contributed by atoms with Gasteiger partial charge in [-0.05, 0) is 42.2 Å². The van der Waals surface area contributed by atoms with Gasteiger partial charge in [0.05, 0.1) is 6.04 Å². The average molecular weight is 359 g/mol. The molecular formula is C22H21N3O2. The molecule has 1 fully saturated rings. The number of nitrogens with zero attached hydrogens (tertiary/aromatic N) is 3. The van der Waals surface area contributed by atoms with Gasteiger partial charge in [0.2, 0.25) is 6.79 Å². The maximum Gasteiger partial charge on any atom is 0.231 e. The molecule has 1 aromatic heterocycles. The van der Waals surface area contributed by atoms with Crippen LogP contribution in [0.3, 0.4) is 0 Å². The van der Waals surface area contributed by atoms with Crippen molar-refractivity contribution in [1.82, 2.24) is 9.97 Å². The van der Waals surface area contributed by atoms with Gasteiger partial charge in [0.15, 0.2) is 11.5 Å². The van der Waals surface area contributed by atoms with Gasteiger partial charge in [0.25, 0.3) is 0 Å². The number of hydrogen-bond acceptors (Lipinski definition) is 5. The minimum absolute atomic E-state index is 0.305. The summed E-state index contributed by atoms with van der Waals surface area (Å²) in [7, 11) is 0. The first-order chi connectivity index (χ1) is 13.4. The van der Waals surface area contributed by atoms with E-state index >= 15 is 0 Å². The highest BCUT2D eigenvalue weighted by Gasteiger charge is 2.28. The highest BCUT2D eigenvalue weighted by molar-refractivity contribution is 5.49. The molecule has 27 heavy (non-hydrogen) atoms. The fourth-order valence-electron chi connectivity index (χ4n) is 3.92. The molecule has 0 aliphatic carbocycles. The molecule has 0 amide bonds. The van der Waals surface area contributed by atoms with Crippen LogP contribution in [0.2, 0.25) is 0 Å². The van der Waals surface area contributed by atoms with Gasteiger partial charge in [0.1, 0.15) is 11.6 Å². The van der Waals surface area contributed by atoms with Crippen molar-refractivity contribution >= 4 is 5.82 Å². The maximum absolute atomic E-state index is 5.56. The molecule has 3 heterocycles. The maximum atomic E-state index is 5.56. The zero-order valence-corrected chi connectivity index (χ0v) is 15.0. The third-order valence-corrected chi connectivity index (χ3v) is 5.22. The topological polar surface area (TPSA) is 47.5 Å². The molecule has 0 N–H and O–H groups in total. The van der Waals surface area contributed by atoms with Crippen LogP contribution in [0, 0.1) is 0 Å². The Morgan fingerprint density at radius 1 is 1.00 bits per heavy atom. The van der Waals surface area contributed by atoms with Gasteiger partial charge in [-0.2, -0.15) is 0 Å². The molecule has 0 spiro atoms. The van der Waals surface area contributed by atoms with Gasteiger partial charge in [0, 0.05) is 19.2 Å². The van der Waals surface area contributed by atoms with E-state index in [1.54, 1.807) is 0 Å². The highest BCUT2D eigenvalue weighted by Crippen LogP contribution is 2.40. The fourth-order valence-corrected chi connectivity index (χ4v) is 3.92. The van der Waals surface area contributed by atoms with E-state index in [9.17, 15) is 0 Å².